The molecule has 4 nitrogen and oxygen atoms in total. The summed E-state index contributed by atoms with van der Waals surface area (Å²) in [7, 11) is 0. The molecule has 3 rings (SSSR count). The van der Waals surface area contributed by atoms with Crippen molar-refractivity contribution in [1.82, 2.24) is 14.8 Å². The van der Waals surface area contributed by atoms with Crippen LogP contribution in [-0.4, -0.2) is 41.0 Å². The van der Waals surface area contributed by atoms with E-state index in [1.807, 2.05) is 25.1 Å². The average molecular weight is 306 g/mol. The van der Waals surface area contributed by atoms with Gasteiger partial charge in [-0.25, -0.2) is 4.98 Å². The highest BCUT2D eigenvalue weighted by molar-refractivity contribution is 6.30. The quantitative estimate of drug-likeness (QED) is 0.869. The molecule has 0 radical (unpaired) electrons. The minimum Gasteiger partial charge on any atom is -0.449 e. The van der Waals surface area contributed by atoms with Gasteiger partial charge < -0.3 is 4.42 Å². The van der Waals surface area contributed by atoms with Crippen molar-refractivity contribution < 1.29 is 4.42 Å². The molecule has 1 aromatic carbocycles. The molecule has 0 saturated carbocycles. The second-order valence-corrected chi connectivity index (χ2v) is 5.98. The standard InChI is InChI=1S/C16H20ClN3O/c1-13-18-16(12-21-13)11-20-7-5-19(6-8-20)10-14-3-2-4-15(17)9-14/h2-4,9,12H,5-8,10-11H2,1H3. The molecule has 112 valence electrons. The summed E-state index contributed by atoms with van der Waals surface area (Å²) in [6, 6.07) is 8.12. The monoisotopic (exact) mass is 305 g/mol. The minimum atomic E-state index is 0.740. The van der Waals surface area contributed by atoms with E-state index in [9.17, 15) is 0 Å². The number of hydrogen-bond acceptors (Lipinski definition) is 4. The predicted molar refractivity (Wildman–Crippen MR) is 83.2 cm³/mol. The van der Waals surface area contributed by atoms with Crippen LogP contribution in [0.4, 0.5) is 0 Å². The van der Waals surface area contributed by atoms with E-state index in [0.717, 1.165) is 55.9 Å². The highest BCUT2D eigenvalue weighted by Gasteiger charge is 2.18. The number of aromatic nitrogens is 1. The first-order valence-electron chi connectivity index (χ1n) is 7.29. The highest BCUT2D eigenvalue weighted by atomic mass is 35.5. The van der Waals surface area contributed by atoms with Gasteiger partial charge in [-0.1, -0.05) is 23.7 Å². The fourth-order valence-electron chi connectivity index (χ4n) is 2.71. The smallest absolute Gasteiger partial charge is 0.191 e. The summed E-state index contributed by atoms with van der Waals surface area (Å²) in [5.74, 6) is 0.740. The lowest BCUT2D eigenvalue weighted by Crippen LogP contribution is -2.45. The molecule has 1 fully saturated rings. The molecular weight excluding hydrogens is 286 g/mol. The van der Waals surface area contributed by atoms with Gasteiger partial charge in [0.05, 0.1) is 5.69 Å². The van der Waals surface area contributed by atoms with Crippen molar-refractivity contribution in [2.24, 2.45) is 0 Å². The van der Waals surface area contributed by atoms with Gasteiger partial charge in [-0.2, -0.15) is 0 Å². The number of hydrogen-bond donors (Lipinski definition) is 0. The average Bonchev–Trinajstić information content (AvgIpc) is 2.86. The summed E-state index contributed by atoms with van der Waals surface area (Å²) < 4.78 is 5.26. The van der Waals surface area contributed by atoms with Crippen LogP contribution in [0.25, 0.3) is 0 Å². The van der Waals surface area contributed by atoms with Crippen LogP contribution in [0.1, 0.15) is 17.1 Å². The van der Waals surface area contributed by atoms with Gasteiger partial charge in [-0.3, -0.25) is 9.80 Å². The van der Waals surface area contributed by atoms with Crippen LogP contribution in [0.3, 0.4) is 0 Å². The Balaban J connectivity index is 1.48. The third-order valence-corrected chi connectivity index (χ3v) is 4.05. The Labute approximate surface area is 130 Å². The maximum Gasteiger partial charge on any atom is 0.191 e. The summed E-state index contributed by atoms with van der Waals surface area (Å²) in [6.07, 6.45) is 1.76. The van der Waals surface area contributed by atoms with E-state index >= 15 is 0 Å². The SMILES string of the molecule is Cc1nc(CN2CCN(Cc3cccc(Cl)c3)CC2)co1. The van der Waals surface area contributed by atoms with Gasteiger partial charge in [-0.15, -0.1) is 0 Å². The number of rotatable bonds is 4. The van der Waals surface area contributed by atoms with Crippen molar-refractivity contribution in [1.29, 1.82) is 0 Å². The van der Waals surface area contributed by atoms with Crippen LogP contribution in [0.5, 0.6) is 0 Å². The predicted octanol–water partition coefficient (Wildman–Crippen LogP) is 2.95. The second-order valence-electron chi connectivity index (χ2n) is 5.54. The number of oxazole rings is 1. The number of piperazine rings is 1. The fourth-order valence-corrected chi connectivity index (χ4v) is 2.92. The van der Waals surface area contributed by atoms with E-state index in [1.165, 1.54) is 5.56 Å². The van der Waals surface area contributed by atoms with Crippen molar-refractivity contribution >= 4 is 11.6 Å². The normalized spacial score (nSPS) is 17.2. The molecule has 2 aromatic rings. The van der Waals surface area contributed by atoms with E-state index in [1.54, 1.807) is 6.26 Å². The molecular formula is C16H20ClN3O. The zero-order chi connectivity index (χ0) is 14.7. The molecule has 0 N–H and O–H groups in total. The first-order valence-corrected chi connectivity index (χ1v) is 7.67. The van der Waals surface area contributed by atoms with Crippen molar-refractivity contribution in [2.75, 3.05) is 26.2 Å². The zero-order valence-electron chi connectivity index (χ0n) is 12.3. The molecule has 0 bridgehead atoms. The molecule has 1 aliphatic rings. The van der Waals surface area contributed by atoms with E-state index in [4.69, 9.17) is 16.0 Å². The maximum atomic E-state index is 6.04. The van der Waals surface area contributed by atoms with Crippen LogP contribution >= 0.6 is 11.6 Å². The van der Waals surface area contributed by atoms with Gasteiger partial charge in [0.2, 0.25) is 0 Å². The topological polar surface area (TPSA) is 32.5 Å². The van der Waals surface area contributed by atoms with Gasteiger partial charge in [0.15, 0.2) is 5.89 Å². The molecule has 1 saturated heterocycles. The van der Waals surface area contributed by atoms with E-state index in [2.05, 4.69) is 20.9 Å². The maximum absolute atomic E-state index is 6.04. The molecule has 0 spiro atoms. The molecule has 1 aromatic heterocycles. The Morgan fingerprint density at radius 2 is 1.86 bits per heavy atom. The van der Waals surface area contributed by atoms with Gasteiger partial charge >= 0.3 is 0 Å². The number of halogens is 1. The minimum absolute atomic E-state index is 0.740. The van der Waals surface area contributed by atoms with Crippen LogP contribution in [0.15, 0.2) is 34.9 Å². The molecule has 5 heteroatoms. The van der Waals surface area contributed by atoms with Crippen molar-refractivity contribution in [3.05, 3.63) is 52.7 Å². The largest absolute Gasteiger partial charge is 0.449 e. The molecule has 1 aliphatic heterocycles. The zero-order valence-corrected chi connectivity index (χ0v) is 13.0. The summed E-state index contributed by atoms with van der Waals surface area (Å²) >= 11 is 6.04. The molecule has 0 amide bonds. The molecule has 0 atom stereocenters. The Hall–Kier alpha value is -1.36. The molecule has 0 unspecified atom stereocenters. The van der Waals surface area contributed by atoms with Crippen molar-refractivity contribution in [3.63, 3.8) is 0 Å². The summed E-state index contributed by atoms with van der Waals surface area (Å²) in [6.45, 7) is 8.00. The third kappa shape index (κ3) is 4.06. The number of nitrogens with zero attached hydrogens (tertiary/aromatic N) is 3. The molecule has 21 heavy (non-hydrogen) atoms. The van der Waals surface area contributed by atoms with Gasteiger partial charge in [0, 0.05) is 51.2 Å². The van der Waals surface area contributed by atoms with Crippen LogP contribution in [-0.2, 0) is 13.1 Å². The van der Waals surface area contributed by atoms with Crippen LogP contribution in [0, 0.1) is 6.92 Å². The van der Waals surface area contributed by atoms with Gasteiger partial charge in [0.25, 0.3) is 0 Å². The first kappa shape index (κ1) is 14.6. The van der Waals surface area contributed by atoms with Crippen LogP contribution < -0.4 is 0 Å². The fraction of sp³-hybridized carbons (Fsp3) is 0.438. The van der Waals surface area contributed by atoms with Crippen molar-refractivity contribution in [3.8, 4) is 0 Å². The van der Waals surface area contributed by atoms with E-state index in [0.29, 0.717) is 0 Å². The van der Waals surface area contributed by atoms with Gasteiger partial charge in [-0.05, 0) is 17.7 Å². The Bertz CT molecular complexity index is 591. The molecule has 0 aliphatic carbocycles. The molecule has 2 heterocycles. The van der Waals surface area contributed by atoms with Crippen molar-refractivity contribution in [2.45, 2.75) is 20.0 Å². The number of aryl methyl sites for hydroxylation is 1. The highest BCUT2D eigenvalue weighted by Crippen LogP contribution is 2.14. The number of benzene rings is 1. The lowest BCUT2D eigenvalue weighted by Gasteiger charge is -2.34. The van der Waals surface area contributed by atoms with E-state index < -0.39 is 0 Å². The lowest BCUT2D eigenvalue weighted by molar-refractivity contribution is 0.121. The summed E-state index contributed by atoms with van der Waals surface area (Å²) in [5, 5.41) is 0.813. The van der Waals surface area contributed by atoms with Crippen LogP contribution in [0.2, 0.25) is 5.02 Å². The Kier molecular flexibility index (Phi) is 4.58. The summed E-state index contributed by atoms with van der Waals surface area (Å²) in [5.41, 5.74) is 2.30. The Morgan fingerprint density at radius 1 is 1.14 bits per heavy atom. The lowest BCUT2D eigenvalue weighted by atomic mass is 10.2. The third-order valence-electron chi connectivity index (χ3n) is 3.81. The second kappa shape index (κ2) is 6.60. The van der Waals surface area contributed by atoms with Gasteiger partial charge in [0.1, 0.15) is 6.26 Å². The Morgan fingerprint density at radius 3 is 2.48 bits per heavy atom. The van der Waals surface area contributed by atoms with E-state index in [-0.39, 0.29) is 0 Å². The first-order chi connectivity index (χ1) is 10.2. The summed E-state index contributed by atoms with van der Waals surface area (Å²) in [4.78, 5) is 9.26.